The summed E-state index contributed by atoms with van der Waals surface area (Å²) in [7, 11) is 1.72. The first-order chi connectivity index (χ1) is 11.1. The molecule has 23 heavy (non-hydrogen) atoms. The Balaban J connectivity index is 1.88. The lowest BCUT2D eigenvalue weighted by atomic mass is 9.55. The molecule has 1 saturated carbocycles. The predicted octanol–water partition coefficient (Wildman–Crippen LogP) is 3.38. The minimum Gasteiger partial charge on any atom is -0.493 e. The molecule has 1 fully saturated rings. The Morgan fingerprint density at radius 1 is 1.48 bits per heavy atom. The van der Waals surface area contributed by atoms with Crippen LogP contribution in [0, 0.1) is 5.92 Å². The van der Waals surface area contributed by atoms with Crippen LogP contribution < -0.4 is 14.8 Å². The molecule has 0 saturated heterocycles. The molecule has 2 unspecified atom stereocenters. The van der Waals surface area contributed by atoms with Gasteiger partial charge >= 0.3 is 0 Å². The number of methoxy groups -OCH3 is 1. The maximum atomic E-state index is 6.42. The van der Waals surface area contributed by atoms with E-state index in [1.807, 2.05) is 12.1 Å². The van der Waals surface area contributed by atoms with Gasteiger partial charge in [0.2, 0.25) is 0 Å². The molecule has 0 spiro atoms. The van der Waals surface area contributed by atoms with E-state index >= 15 is 0 Å². The fraction of sp³-hybridized carbons (Fsp3) is 0.500. The second kappa shape index (κ2) is 5.13. The van der Waals surface area contributed by atoms with Crippen LogP contribution in [0.4, 0.5) is 0 Å². The lowest BCUT2D eigenvalue weighted by Crippen LogP contribution is -2.57. The number of nitrogens with one attached hydrogen (secondary N) is 1. The van der Waals surface area contributed by atoms with Crippen molar-refractivity contribution in [3.63, 3.8) is 0 Å². The van der Waals surface area contributed by atoms with Crippen molar-refractivity contribution >= 4 is 0 Å². The Bertz CT molecular complexity index is 680. The number of hydrogen-bond acceptors (Lipinski definition) is 3. The molecule has 0 amide bonds. The standard InChI is InChI=1S/C20H25NO2/c1-5-10-21-15-11-13-7-9-16(22-4)18-17(13)20(3)14(15)8-6-12(2)19(20)23-18/h5,7,9,14-15,19,21H,1-2,6,8,10-11H2,3-4H3/t14-,15?,19-,20?/m1/s1. The lowest BCUT2D eigenvalue weighted by molar-refractivity contribution is 0.0773. The van der Waals surface area contributed by atoms with Gasteiger partial charge in [-0.05, 0) is 42.4 Å². The normalized spacial score (nSPS) is 33.8. The van der Waals surface area contributed by atoms with E-state index in [0.717, 1.165) is 30.9 Å². The van der Waals surface area contributed by atoms with E-state index in [2.05, 4.69) is 31.5 Å². The zero-order chi connectivity index (χ0) is 16.2. The molecule has 1 aromatic carbocycles. The highest BCUT2D eigenvalue weighted by Crippen LogP contribution is 2.60. The third-order valence-corrected chi connectivity index (χ3v) is 6.11. The molecule has 4 rings (SSSR count). The Hall–Kier alpha value is -1.74. The first-order valence-electron chi connectivity index (χ1n) is 8.50. The molecule has 3 heteroatoms. The van der Waals surface area contributed by atoms with Gasteiger partial charge in [0, 0.05) is 23.6 Å². The summed E-state index contributed by atoms with van der Waals surface area (Å²) in [6, 6.07) is 4.72. The van der Waals surface area contributed by atoms with Gasteiger partial charge in [-0.25, -0.2) is 0 Å². The molecule has 3 nitrogen and oxygen atoms in total. The number of rotatable bonds is 4. The van der Waals surface area contributed by atoms with E-state index in [0.29, 0.717) is 12.0 Å². The third-order valence-electron chi connectivity index (χ3n) is 6.11. The monoisotopic (exact) mass is 311 g/mol. The third kappa shape index (κ3) is 1.86. The topological polar surface area (TPSA) is 30.5 Å². The Kier molecular flexibility index (Phi) is 3.31. The minimum atomic E-state index is -0.00831. The van der Waals surface area contributed by atoms with E-state index < -0.39 is 0 Å². The van der Waals surface area contributed by atoms with Crippen molar-refractivity contribution in [1.82, 2.24) is 5.32 Å². The summed E-state index contributed by atoms with van der Waals surface area (Å²) in [5, 5.41) is 3.69. The summed E-state index contributed by atoms with van der Waals surface area (Å²) >= 11 is 0. The second-order valence-electron chi connectivity index (χ2n) is 7.22. The molecule has 0 bridgehead atoms. The fourth-order valence-corrected chi connectivity index (χ4v) is 5.12. The summed E-state index contributed by atoms with van der Waals surface area (Å²) in [5.74, 6) is 2.36. The van der Waals surface area contributed by atoms with E-state index in [-0.39, 0.29) is 11.5 Å². The molecule has 1 aromatic rings. The molecule has 1 heterocycles. The van der Waals surface area contributed by atoms with Gasteiger partial charge < -0.3 is 14.8 Å². The molecular weight excluding hydrogens is 286 g/mol. The van der Waals surface area contributed by atoms with Crippen molar-refractivity contribution in [2.24, 2.45) is 5.92 Å². The van der Waals surface area contributed by atoms with E-state index in [1.54, 1.807) is 7.11 Å². The van der Waals surface area contributed by atoms with Gasteiger partial charge in [-0.15, -0.1) is 6.58 Å². The highest BCUT2D eigenvalue weighted by atomic mass is 16.5. The Morgan fingerprint density at radius 2 is 2.30 bits per heavy atom. The van der Waals surface area contributed by atoms with E-state index in [1.165, 1.54) is 23.1 Å². The molecule has 1 aliphatic heterocycles. The van der Waals surface area contributed by atoms with Crippen LogP contribution in [0.15, 0.2) is 36.9 Å². The maximum Gasteiger partial charge on any atom is 0.166 e. The average molecular weight is 311 g/mol. The van der Waals surface area contributed by atoms with Crippen molar-refractivity contribution < 1.29 is 9.47 Å². The number of ether oxygens (including phenoxy) is 2. The predicted molar refractivity (Wildman–Crippen MR) is 92.3 cm³/mol. The van der Waals surface area contributed by atoms with Gasteiger partial charge in [-0.3, -0.25) is 0 Å². The van der Waals surface area contributed by atoms with Crippen LogP contribution in [0.25, 0.3) is 0 Å². The summed E-state index contributed by atoms with van der Waals surface area (Å²) in [6.07, 6.45) is 5.27. The summed E-state index contributed by atoms with van der Waals surface area (Å²) < 4.78 is 12.0. The largest absolute Gasteiger partial charge is 0.493 e. The molecule has 122 valence electrons. The number of benzene rings is 1. The fourth-order valence-electron chi connectivity index (χ4n) is 5.12. The average Bonchev–Trinajstić information content (AvgIpc) is 2.88. The van der Waals surface area contributed by atoms with E-state index in [9.17, 15) is 0 Å². The molecule has 2 aliphatic carbocycles. The van der Waals surface area contributed by atoms with Crippen molar-refractivity contribution in [2.75, 3.05) is 13.7 Å². The summed E-state index contributed by atoms with van der Waals surface area (Å²) in [6.45, 7) is 11.4. The highest BCUT2D eigenvalue weighted by molar-refractivity contribution is 5.61. The summed E-state index contributed by atoms with van der Waals surface area (Å²) in [5.41, 5.74) is 3.96. The first kappa shape index (κ1) is 14.8. The van der Waals surface area contributed by atoms with Gasteiger partial charge in [-0.2, -0.15) is 0 Å². The van der Waals surface area contributed by atoms with Gasteiger partial charge in [0.05, 0.1) is 7.11 Å². The minimum absolute atomic E-state index is 0.00831. The Morgan fingerprint density at radius 3 is 3.04 bits per heavy atom. The van der Waals surface area contributed by atoms with Gasteiger partial charge in [0.25, 0.3) is 0 Å². The van der Waals surface area contributed by atoms with Crippen LogP contribution in [0.2, 0.25) is 0 Å². The maximum absolute atomic E-state index is 6.42. The quantitative estimate of drug-likeness (QED) is 0.865. The van der Waals surface area contributed by atoms with Crippen LogP contribution >= 0.6 is 0 Å². The SMILES string of the molecule is C=CCNC1Cc2ccc(OC)c3c2C2(C)[C@H](O3)C(=C)CC[C@H]12. The van der Waals surface area contributed by atoms with Gasteiger partial charge in [-0.1, -0.05) is 25.6 Å². The zero-order valence-electron chi connectivity index (χ0n) is 14.0. The van der Waals surface area contributed by atoms with Crippen LogP contribution in [-0.2, 0) is 11.8 Å². The number of hydrogen-bond donors (Lipinski definition) is 1. The molecule has 4 atom stereocenters. The zero-order valence-corrected chi connectivity index (χ0v) is 14.0. The van der Waals surface area contributed by atoms with Crippen molar-refractivity contribution in [3.05, 3.63) is 48.1 Å². The van der Waals surface area contributed by atoms with Crippen molar-refractivity contribution in [2.45, 2.75) is 43.7 Å². The lowest BCUT2D eigenvalue weighted by Gasteiger charge is -2.50. The van der Waals surface area contributed by atoms with Crippen LogP contribution in [0.3, 0.4) is 0 Å². The molecule has 0 aromatic heterocycles. The van der Waals surface area contributed by atoms with E-state index in [4.69, 9.17) is 9.47 Å². The van der Waals surface area contributed by atoms with Crippen LogP contribution in [0.5, 0.6) is 11.5 Å². The van der Waals surface area contributed by atoms with Crippen LogP contribution in [-0.4, -0.2) is 25.8 Å². The molecule has 3 aliphatic rings. The molecule has 1 N–H and O–H groups in total. The second-order valence-corrected chi connectivity index (χ2v) is 7.22. The molecular formula is C20H25NO2. The Labute approximate surface area is 138 Å². The highest BCUT2D eigenvalue weighted by Gasteiger charge is 2.59. The van der Waals surface area contributed by atoms with Gasteiger partial charge in [0.15, 0.2) is 11.5 Å². The van der Waals surface area contributed by atoms with Gasteiger partial charge in [0.1, 0.15) is 6.10 Å². The smallest absolute Gasteiger partial charge is 0.166 e. The molecule has 0 radical (unpaired) electrons. The van der Waals surface area contributed by atoms with Crippen molar-refractivity contribution in [1.29, 1.82) is 0 Å². The van der Waals surface area contributed by atoms with Crippen molar-refractivity contribution in [3.8, 4) is 11.5 Å². The first-order valence-corrected chi connectivity index (χ1v) is 8.50. The van der Waals surface area contributed by atoms with Crippen LogP contribution in [0.1, 0.15) is 30.9 Å². The summed E-state index contributed by atoms with van der Waals surface area (Å²) in [4.78, 5) is 0.